The third-order valence-electron chi connectivity index (χ3n) is 3.65. The molecule has 1 heterocycles. The van der Waals surface area contributed by atoms with Crippen LogP contribution in [0.4, 0.5) is 5.69 Å². The van der Waals surface area contributed by atoms with Gasteiger partial charge in [0.05, 0.1) is 23.9 Å². The van der Waals surface area contributed by atoms with E-state index in [1.165, 1.54) is 0 Å². The van der Waals surface area contributed by atoms with Crippen molar-refractivity contribution in [1.82, 2.24) is 5.32 Å². The number of hydrogen-bond donors (Lipinski definition) is 2. The van der Waals surface area contributed by atoms with Crippen LogP contribution in [0, 0.1) is 17.2 Å². The van der Waals surface area contributed by atoms with E-state index in [-0.39, 0.29) is 6.54 Å². The highest BCUT2D eigenvalue weighted by atomic mass is 79.9. The number of carbonyl (C=O) groups is 1. The quantitative estimate of drug-likeness (QED) is 0.850. The van der Waals surface area contributed by atoms with Crippen molar-refractivity contribution in [2.24, 2.45) is 5.92 Å². The van der Waals surface area contributed by atoms with Crippen molar-refractivity contribution in [3.63, 3.8) is 0 Å². The van der Waals surface area contributed by atoms with Crippen LogP contribution in [0.3, 0.4) is 0 Å². The molecule has 1 aromatic rings. The molecule has 1 unspecified atom stereocenters. The zero-order valence-electron chi connectivity index (χ0n) is 11.7. The second-order valence-electron chi connectivity index (χ2n) is 5.26. The summed E-state index contributed by atoms with van der Waals surface area (Å²) in [6.07, 6.45) is 2.20. The summed E-state index contributed by atoms with van der Waals surface area (Å²) in [6.45, 7) is 2.62. The SMILES string of the molecule is N#Cc1ccc(N2CCCC(CNCC(=O)O)C2)c(Br)c1. The van der Waals surface area contributed by atoms with Crippen LogP contribution in [0.1, 0.15) is 18.4 Å². The molecule has 0 radical (unpaired) electrons. The first kappa shape index (κ1) is 15.8. The van der Waals surface area contributed by atoms with Crippen LogP contribution in [-0.2, 0) is 4.79 Å². The summed E-state index contributed by atoms with van der Waals surface area (Å²) >= 11 is 3.53. The molecule has 1 atom stereocenters. The normalized spacial score (nSPS) is 18.3. The van der Waals surface area contributed by atoms with Crippen LogP contribution >= 0.6 is 15.9 Å². The monoisotopic (exact) mass is 351 g/mol. The van der Waals surface area contributed by atoms with Crippen molar-refractivity contribution < 1.29 is 9.90 Å². The Labute approximate surface area is 132 Å². The Bertz CT molecular complexity index is 556. The lowest BCUT2D eigenvalue weighted by molar-refractivity contribution is -0.136. The third kappa shape index (κ3) is 4.45. The van der Waals surface area contributed by atoms with Gasteiger partial charge in [0.25, 0.3) is 0 Å². The number of carboxylic acids is 1. The number of carboxylic acid groups (broad SMARTS) is 1. The molecule has 0 bridgehead atoms. The van der Waals surface area contributed by atoms with Gasteiger partial charge in [0, 0.05) is 24.1 Å². The summed E-state index contributed by atoms with van der Waals surface area (Å²) in [4.78, 5) is 12.8. The van der Waals surface area contributed by atoms with Crippen LogP contribution in [-0.4, -0.2) is 37.3 Å². The van der Waals surface area contributed by atoms with Crippen LogP contribution in [0.2, 0.25) is 0 Å². The fourth-order valence-corrected chi connectivity index (χ4v) is 3.30. The average Bonchev–Trinajstić information content (AvgIpc) is 2.47. The number of halogens is 1. The second kappa shape index (κ2) is 7.43. The molecule has 112 valence electrons. The largest absolute Gasteiger partial charge is 0.480 e. The first-order chi connectivity index (χ1) is 10.1. The van der Waals surface area contributed by atoms with E-state index in [1.54, 1.807) is 0 Å². The predicted molar refractivity (Wildman–Crippen MR) is 84.3 cm³/mol. The number of aliphatic carboxylic acids is 1. The number of nitrogens with zero attached hydrogens (tertiary/aromatic N) is 2. The van der Waals surface area contributed by atoms with Gasteiger partial charge in [-0.2, -0.15) is 5.26 Å². The maximum absolute atomic E-state index is 10.5. The molecule has 1 saturated heterocycles. The highest BCUT2D eigenvalue weighted by molar-refractivity contribution is 9.10. The molecule has 1 aliphatic heterocycles. The van der Waals surface area contributed by atoms with Gasteiger partial charge in [0.1, 0.15) is 0 Å². The van der Waals surface area contributed by atoms with Gasteiger partial charge in [-0.1, -0.05) is 0 Å². The van der Waals surface area contributed by atoms with Crippen molar-refractivity contribution in [3.05, 3.63) is 28.2 Å². The topological polar surface area (TPSA) is 76.4 Å². The summed E-state index contributed by atoms with van der Waals surface area (Å²) in [5.41, 5.74) is 1.74. The van der Waals surface area contributed by atoms with Gasteiger partial charge < -0.3 is 15.3 Å². The van der Waals surface area contributed by atoms with Crippen molar-refractivity contribution in [1.29, 1.82) is 5.26 Å². The van der Waals surface area contributed by atoms with E-state index in [0.717, 1.165) is 42.6 Å². The number of nitriles is 1. The summed E-state index contributed by atoms with van der Waals surface area (Å²) in [7, 11) is 0. The molecular formula is C15H18BrN3O2. The van der Waals surface area contributed by atoms with Gasteiger partial charge in [0.15, 0.2) is 0 Å². The Morgan fingerprint density at radius 1 is 1.57 bits per heavy atom. The minimum absolute atomic E-state index is 0.0110. The standard InChI is InChI=1S/C15H18BrN3O2/c16-13-6-11(7-17)3-4-14(13)19-5-1-2-12(10-19)8-18-9-15(20)21/h3-4,6,12,18H,1-2,5,8-10H2,(H,20,21). The van der Waals surface area contributed by atoms with Crippen molar-refractivity contribution >= 4 is 27.6 Å². The van der Waals surface area contributed by atoms with Crippen LogP contribution in [0.15, 0.2) is 22.7 Å². The maximum Gasteiger partial charge on any atom is 0.317 e. The zero-order valence-corrected chi connectivity index (χ0v) is 13.3. The Balaban J connectivity index is 1.97. The summed E-state index contributed by atoms with van der Waals surface area (Å²) in [5, 5.41) is 20.5. The molecule has 1 aliphatic rings. The number of benzene rings is 1. The molecule has 0 spiro atoms. The van der Waals surface area contributed by atoms with E-state index < -0.39 is 5.97 Å². The van der Waals surface area contributed by atoms with Gasteiger partial charge in [0.2, 0.25) is 0 Å². The van der Waals surface area contributed by atoms with Gasteiger partial charge in [-0.3, -0.25) is 4.79 Å². The maximum atomic E-state index is 10.5. The minimum atomic E-state index is -0.822. The molecule has 0 saturated carbocycles. The van der Waals surface area contributed by atoms with E-state index in [4.69, 9.17) is 10.4 Å². The number of nitrogens with one attached hydrogen (secondary N) is 1. The molecule has 1 fully saturated rings. The third-order valence-corrected chi connectivity index (χ3v) is 4.28. The molecule has 21 heavy (non-hydrogen) atoms. The average molecular weight is 352 g/mol. The number of anilines is 1. The van der Waals surface area contributed by atoms with E-state index in [1.807, 2.05) is 18.2 Å². The lowest BCUT2D eigenvalue weighted by atomic mass is 9.97. The number of hydrogen-bond acceptors (Lipinski definition) is 4. The fraction of sp³-hybridized carbons (Fsp3) is 0.467. The van der Waals surface area contributed by atoms with Crippen molar-refractivity contribution in [2.45, 2.75) is 12.8 Å². The second-order valence-corrected chi connectivity index (χ2v) is 6.11. The molecule has 0 aromatic heterocycles. The van der Waals surface area contributed by atoms with Crippen LogP contribution < -0.4 is 10.2 Å². The van der Waals surface area contributed by atoms with Gasteiger partial charge in [-0.25, -0.2) is 0 Å². The van der Waals surface area contributed by atoms with Gasteiger partial charge in [-0.15, -0.1) is 0 Å². The van der Waals surface area contributed by atoms with Crippen molar-refractivity contribution in [3.8, 4) is 6.07 Å². The van der Waals surface area contributed by atoms with Gasteiger partial charge in [-0.05, 0) is 52.9 Å². The molecular weight excluding hydrogens is 334 g/mol. The predicted octanol–water partition coefficient (Wildman–Crippen LogP) is 2.21. The van der Waals surface area contributed by atoms with Crippen molar-refractivity contribution in [2.75, 3.05) is 31.1 Å². The number of rotatable bonds is 5. The first-order valence-corrected chi connectivity index (χ1v) is 7.76. The molecule has 0 amide bonds. The van der Waals surface area contributed by atoms with E-state index in [9.17, 15) is 4.79 Å². The summed E-state index contributed by atoms with van der Waals surface area (Å²) in [5.74, 6) is -0.377. The highest BCUT2D eigenvalue weighted by Gasteiger charge is 2.21. The van der Waals surface area contributed by atoms with Gasteiger partial charge >= 0.3 is 5.97 Å². The molecule has 1 aromatic carbocycles. The first-order valence-electron chi connectivity index (χ1n) is 6.97. The van der Waals surface area contributed by atoms with Crippen LogP contribution in [0.25, 0.3) is 0 Å². The summed E-state index contributed by atoms with van der Waals surface area (Å²) < 4.78 is 0.931. The van der Waals surface area contributed by atoms with Crippen LogP contribution in [0.5, 0.6) is 0 Å². The Hall–Kier alpha value is -1.58. The smallest absolute Gasteiger partial charge is 0.317 e. The Morgan fingerprint density at radius 2 is 2.38 bits per heavy atom. The molecule has 2 rings (SSSR count). The van der Waals surface area contributed by atoms with E-state index in [2.05, 4.69) is 32.2 Å². The Morgan fingerprint density at radius 3 is 3.05 bits per heavy atom. The summed E-state index contributed by atoms with van der Waals surface area (Å²) in [6, 6.07) is 7.76. The molecule has 5 nitrogen and oxygen atoms in total. The molecule has 6 heteroatoms. The Kier molecular flexibility index (Phi) is 5.59. The fourth-order valence-electron chi connectivity index (χ4n) is 2.67. The molecule has 2 N–H and O–H groups in total. The van der Waals surface area contributed by atoms with E-state index in [0.29, 0.717) is 11.5 Å². The zero-order chi connectivity index (χ0) is 15.2. The highest BCUT2D eigenvalue weighted by Crippen LogP contribution is 2.30. The lowest BCUT2D eigenvalue weighted by Crippen LogP contribution is -2.40. The minimum Gasteiger partial charge on any atom is -0.480 e. The molecule has 0 aliphatic carbocycles. The lowest BCUT2D eigenvalue weighted by Gasteiger charge is -2.35. The van der Waals surface area contributed by atoms with E-state index >= 15 is 0 Å². The number of piperidine rings is 1.